The highest BCUT2D eigenvalue weighted by molar-refractivity contribution is 5.88. The summed E-state index contributed by atoms with van der Waals surface area (Å²) in [6.45, 7) is 8.17. The Morgan fingerprint density at radius 2 is 1.50 bits per heavy atom. The number of nitrogens with zero attached hydrogens (tertiary/aromatic N) is 1. The summed E-state index contributed by atoms with van der Waals surface area (Å²) in [5.74, 6) is 1.01. The van der Waals surface area contributed by atoms with Gasteiger partial charge in [0, 0.05) is 12.6 Å². The Balaban J connectivity index is 2.19. The van der Waals surface area contributed by atoms with Gasteiger partial charge in [-0.2, -0.15) is 0 Å². The van der Waals surface area contributed by atoms with Crippen LogP contribution in [0.5, 0.6) is 11.5 Å². The first kappa shape index (κ1) is 25.2. The molecular formula is C26H36N2O4. The standard InChI is InChI=1S/C26H36N2O4/c1-6-19(4)27-26(30)24(8-3)28(17-21-11-13-22(31-5)14-12-21)25(29)18-32-23-15-9-20(7-2)10-16-23/h9-16,19,24H,6-8,17-18H2,1-5H3,(H,27,30)/t19-,24+/m1/s1. The maximum Gasteiger partial charge on any atom is 0.261 e. The number of hydrogen-bond acceptors (Lipinski definition) is 4. The number of aryl methyl sites for hydroxylation is 1. The van der Waals surface area contributed by atoms with Gasteiger partial charge in [-0.15, -0.1) is 0 Å². The van der Waals surface area contributed by atoms with Gasteiger partial charge in [-0.3, -0.25) is 9.59 Å². The first-order valence-electron chi connectivity index (χ1n) is 11.4. The summed E-state index contributed by atoms with van der Waals surface area (Å²) in [5, 5.41) is 3.01. The molecule has 2 aromatic carbocycles. The minimum Gasteiger partial charge on any atom is -0.497 e. The number of ether oxygens (including phenoxy) is 2. The summed E-state index contributed by atoms with van der Waals surface area (Å²) < 4.78 is 11.0. The van der Waals surface area contributed by atoms with E-state index in [4.69, 9.17) is 9.47 Å². The van der Waals surface area contributed by atoms with Crippen LogP contribution in [-0.4, -0.2) is 42.5 Å². The fourth-order valence-electron chi connectivity index (χ4n) is 3.34. The predicted octanol–water partition coefficient (Wildman–Crippen LogP) is 4.36. The van der Waals surface area contributed by atoms with Crippen LogP contribution in [0, 0.1) is 0 Å². The van der Waals surface area contributed by atoms with Crippen LogP contribution in [0.25, 0.3) is 0 Å². The Kier molecular flexibility index (Phi) is 10.1. The number of hydrogen-bond donors (Lipinski definition) is 1. The van der Waals surface area contributed by atoms with E-state index in [1.54, 1.807) is 12.0 Å². The van der Waals surface area contributed by atoms with Crippen molar-refractivity contribution < 1.29 is 19.1 Å². The van der Waals surface area contributed by atoms with E-state index in [9.17, 15) is 9.59 Å². The largest absolute Gasteiger partial charge is 0.497 e. The van der Waals surface area contributed by atoms with E-state index in [-0.39, 0.29) is 24.5 Å². The molecule has 32 heavy (non-hydrogen) atoms. The molecule has 0 radical (unpaired) electrons. The lowest BCUT2D eigenvalue weighted by Gasteiger charge is -2.31. The van der Waals surface area contributed by atoms with Gasteiger partial charge < -0.3 is 19.7 Å². The Morgan fingerprint density at radius 3 is 2.03 bits per heavy atom. The molecule has 0 unspecified atom stereocenters. The normalized spacial score (nSPS) is 12.5. The minimum absolute atomic E-state index is 0.0443. The molecule has 2 rings (SSSR count). The van der Waals surface area contributed by atoms with Crippen LogP contribution in [0.3, 0.4) is 0 Å². The van der Waals surface area contributed by atoms with Gasteiger partial charge in [-0.05, 0) is 61.6 Å². The van der Waals surface area contributed by atoms with Gasteiger partial charge in [0.2, 0.25) is 5.91 Å². The van der Waals surface area contributed by atoms with Crippen molar-refractivity contribution in [2.45, 2.75) is 65.6 Å². The average molecular weight is 441 g/mol. The molecule has 0 aromatic heterocycles. The van der Waals surface area contributed by atoms with Crippen molar-refractivity contribution in [2.75, 3.05) is 13.7 Å². The number of rotatable bonds is 12. The molecule has 0 saturated carbocycles. The number of carbonyl (C=O) groups is 2. The molecular weight excluding hydrogens is 404 g/mol. The zero-order valence-corrected chi connectivity index (χ0v) is 19.9. The monoisotopic (exact) mass is 440 g/mol. The Hall–Kier alpha value is -3.02. The third kappa shape index (κ3) is 7.29. The van der Waals surface area contributed by atoms with Gasteiger partial charge >= 0.3 is 0 Å². The van der Waals surface area contributed by atoms with E-state index in [1.807, 2.05) is 69.3 Å². The highest BCUT2D eigenvalue weighted by atomic mass is 16.5. The van der Waals surface area contributed by atoms with Crippen LogP contribution in [0.1, 0.15) is 51.7 Å². The van der Waals surface area contributed by atoms with Gasteiger partial charge in [0.05, 0.1) is 7.11 Å². The van der Waals surface area contributed by atoms with E-state index in [1.165, 1.54) is 5.56 Å². The molecule has 0 bridgehead atoms. The summed E-state index contributed by atoms with van der Waals surface area (Å²) in [4.78, 5) is 27.8. The molecule has 1 N–H and O–H groups in total. The predicted molar refractivity (Wildman–Crippen MR) is 127 cm³/mol. The van der Waals surface area contributed by atoms with Gasteiger partial charge in [-0.1, -0.05) is 45.0 Å². The van der Waals surface area contributed by atoms with Crippen molar-refractivity contribution in [1.29, 1.82) is 0 Å². The van der Waals surface area contributed by atoms with Crippen molar-refractivity contribution >= 4 is 11.8 Å². The average Bonchev–Trinajstić information content (AvgIpc) is 2.82. The second kappa shape index (κ2) is 12.7. The lowest BCUT2D eigenvalue weighted by molar-refractivity contribution is -0.143. The van der Waals surface area contributed by atoms with E-state index >= 15 is 0 Å². The first-order valence-corrected chi connectivity index (χ1v) is 11.4. The molecule has 0 spiro atoms. The number of benzene rings is 2. The van der Waals surface area contributed by atoms with Crippen molar-refractivity contribution in [3.63, 3.8) is 0 Å². The van der Waals surface area contributed by atoms with Crippen LogP contribution in [-0.2, 0) is 22.6 Å². The van der Waals surface area contributed by atoms with Gasteiger partial charge in [0.25, 0.3) is 5.91 Å². The number of carbonyl (C=O) groups excluding carboxylic acids is 2. The maximum absolute atomic E-state index is 13.2. The van der Waals surface area contributed by atoms with Crippen molar-refractivity contribution in [2.24, 2.45) is 0 Å². The number of nitrogens with one attached hydrogen (secondary N) is 1. The molecule has 174 valence electrons. The van der Waals surface area contributed by atoms with Crippen molar-refractivity contribution in [1.82, 2.24) is 10.2 Å². The van der Waals surface area contributed by atoms with Crippen LogP contribution in [0.4, 0.5) is 0 Å². The quantitative estimate of drug-likeness (QED) is 0.533. The Bertz CT molecular complexity index is 849. The SMILES string of the molecule is CCc1ccc(OCC(=O)N(Cc2ccc(OC)cc2)[C@@H](CC)C(=O)N[C@H](C)CC)cc1. The molecule has 0 aliphatic carbocycles. The molecule has 0 saturated heterocycles. The second-order valence-corrected chi connectivity index (χ2v) is 7.90. The summed E-state index contributed by atoms with van der Waals surface area (Å²) in [6.07, 6.45) is 2.28. The lowest BCUT2D eigenvalue weighted by atomic mass is 10.1. The van der Waals surface area contributed by atoms with E-state index in [0.29, 0.717) is 18.7 Å². The maximum atomic E-state index is 13.2. The Labute approximate surface area is 191 Å². The third-order valence-corrected chi connectivity index (χ3v) is 5.59. The van der Waals surface area contributed by atoms with Gasteiger partial charge in [0.1, 0.15) is 17.5 Å². The zero-order chi connectivity index (χ0) is 23.5. The molecule has 0 heterocycles. The summed E-state index contributed by atoms with van der Waals surface area (Å²) in [5.41, 5.74) is 2.12. The minimum atomic E-state index is -0.579. The third-order valence-electron chi connectivity index (χ3n) is 5.59. The second-order valence-electron chi connectivity index (χ2n) is 7.90. The molecule has 2 amide bonds. The van der Waals surface area contributed by atoms with Crippen LogP contribution in [0.15, 0.2) is 48.5 Å². The molecule has 0 aliphatic rings. The smallest absolute Gasteiger partial charge is 0.261 e. The number of amides is 2. The number of methoxy groups -OCH3 is 1. The fourth-order valence-corrected chi connectivity index (χ4v) is 3.34. The molecule has 6 nitrogen and oxygen atoms in total. The molecule has 0 fully saturated rings. The topological polar surface area (TPSA) is 67.9 Å². The van der Waals surface area contributed by atoms with Gasteiger partial charge in [0.15, 0.2) is 6.61 Å². The Morgan fingerprint density at radius 1 is 0.906 bits per heavy atom. The van der Waals surface area contributed by atoms with Crippen molar-refractivity contribution in [3.05, 3.63) is 59.7 Å². The fraction of sp³-hybridized carbons (Fsp3) is 0.462. The summed E-state index contributed by atoms with van der Waals surface area (Å²) >= 11 is 0. The van der Waals surface area contributed by atoms with Crippen LogP contribution in [0.2, 0.25) is 0 Å². The van der Waals surface area contributed by atoms with Crippen LogP contribution < -0.4 is 14.8 Å². The molecule has 0 aliphatic heterocycles. The molecule has 2 aromatic rings. The van der Waals surface area contributed by atoms with E-state index in [0.717, 1.165) is 24.2 Å². The van der Waals surface area contributed by atoms with E-state index in [2.05, 4.69) is 12.2 Å². The lowest BCUT2D eigenvalue weighted by Crippen LogP contribution is -2.51. The molecule has 6 heteroatoms. The highest BCUT2D eigenvalue weighted by Gasteiger charge is 2.29. The summed E-state index contributed by atoms with van der Waals surface area (Å²) in [7, 11) is 1.61. The summed E-state index contributed by atoms with van der Waals surface area (Å²) in [6, 6.07) is 14.7. The van der Waals surface area contributed by atoms with Crippen LogP contribution >= 0.6 is 0 Å². The first-order chi connectivity index (χ1) is 15.4. The van der Waals surface area contributed by atoms with Gasteiger partial charge in [-0.25, -0.2) is 0 Å². The highest BCUT2D eigenvalue weighted by Crippen LogP contribution is 2.18. The van der Waals surface area contributed by atoms with Crippen molar-refractivity contribution in [3.8, 4) is 11.5 Å². The zero-order valence-electron chi connectivity index (χ0n) is 19.9. The van der Waals surface area contributed by atoms with E-state index < -0.39 is 6.04 Å². The molecule has 2 atom stereocenters.